The normalized spacial score (nSPS) is 14.9. The fourth-order valence-electron chi connectivity index (χ4n) is 2.55. The number of nitrogens with zero attached hydrogens (tertiary/aromatic N) is 3. The van der Waals surface area contributed by atoms with Crippen LogP contribution >= 0.6 is 35.3 Å². The van der Waals surface area contributed by atoms with Crippen molar-refractivity contribution in [2.45, 2.75) is 25.4 Å². The number of likely N-dealkylation sites (N-methyl/N-ethyl adjacent to an activating group) is 1. The lowest BCUT2D eigenvalue weighted by atomic mass is 10.1. The number of likely N-dealkylation sites (tertiary alicyclic amines) is 1. The summed E-state index contributed by atoms with van der Waals surface area (Å²) in [7, 11) is 4.83. The van der Waals surface area contributed by atoms with Gasteiger partial charge in [-0.25, -0.2) is 9.79 Å². The van der Waals surface area contributed by atoms with Crippen molar-refractivity contribution >= 4 is 53.3 Å². The molecular weight excluding hydrogens is 481 g/mol. The van der Waals surface area contributed by atoms with Crippen molar-refractivity contribution in [3.05, 3.63) is 22.4 Å². The maximum atomic E-state index is 11.8. The Morgan fingerprint density at radius 3 is 2.63 bits per heavy atom. The Bertz CT molecular complexity index is 616. The number of ether oxygens (including phenoxy) is 1. The predicted octanol–water partition coefficient (Wildman–Crippen LogP) is 1.72. The van der Waals surface area contributed by atoms with E-state index in [4.69, 9.17) is 4.74 Å². The SMILES string of the molecule is COC(=O)N1CCC(NC(=NCC(=O)N(C)C)NCc2cccs2)CC1.I. The summed E-state index contributed by atoms with van der Waals surface area (Å²) in [5.41, 5.74) is 0. The van der Waals surface area contributed by atoms with E-state index in [9.17, 15) is 9.59 Å². The number of carbonyl (C=O) groups is 2. The van der Waals surface area contributed by atoms with E-state index in [0.29, 0.717) is 25.6 Å². The van der Waals surface area contributed by atoms with Gasteiger partial charge in [0, 0.05) is 38.1 Å². The molecule has 2 amide bonds. The van der Waals surface area contributed by atoms with Gasteiger partial charge in [-0.2, -0.15) is 0 Å². The van der Waals surface area contributed by atoms with Gasteiger partial charge in [0.15, 0.2) is 5.96 Å². The van der Waals surface area contributed by atoms with Crippen LogP contribution in [0.5, 0.6) is 0 Å². The van der Waals surface area contributed by atoms with Crippen LogP contribution in [0.15, 0.2) is 22.5 Å². The number of hydrogen-bond acceptors (Lipinski definition) is 5. The van der Waals surface area contributed by atoms with E-state index in [-0.39, 0.29) is 48.6 Å². The van der Waals surface area contributed by atoms with Crippen LogP contribution in [0.25, 0.3) is 0 Å². The number of methoxy groups -OCH3 is 1. The van der Waals surface area contributed by atoms with Gasteiger partial charge in [-0.3, -0.25) is 4.79 Å². The Labute approximate surface area is 181 Å². The van der Waals surface area contributed by atoms with Gasteiger partial charge in [0.05, 0.1) is 13.7 Å². The molecule has 0 radical (unpaired) electrons. The van der Waals surface area contributed by atoms with Crippen LogP contribution in [-0.2, 0) is 16.1 Å². The lowest BCUT2D eigenvalue weighted by Gasteiger charge is -2.32. The second kappa shape index (κ2) is 12.0. The molecule has 1 aliphatic rings. The highest BCUT2D eigenvalue weighted by Gasteiger charge is 2.23. The van der Waals surface area contributed by atoms with E-state index in [0.717, 1.165) is 12.8 Å². The summed E-state index contributed by atoms with van der Waals surface area (Å²) < 4.78 is 4.76. The van der Waals surface area contributed by atoms with Crippen molar-refractivity contribution in [1.82, 2.24) is 20.4 Å². The number of halogens is 1. The molecule has 27 heavy (non-hydrogen) atoms. The number of nitrogens with one attached hydrogen (secondary N) is 2. The molecule has 1 aromatic heterocycles. The number of carbonyl (C=O) groups excluding carboxylic acids is 2. The van der Waals surface area contributed by atoms with Crippen LogP contribution in [0.3, 0.4) is 0 Å². The molecule has 0 aliphatic carbocycles. The maximum Gasteiger partial charge on any atom is 0.409 e. The average Bonchev–Trinajstić information content (AvgIpc) is 3.17. The zero-order valence-corrected chi connectivity index (χ0v) is 19.1. The molecular formula is C17H28IN5O3S. The van der Waals surface area contributed by atoms with E-state index >= 15 is 0 Å². The minimum absolute atomic E-state index is 0. The Kier molecular flexibility index (Phi) is 10.4. The van der Waals surface area contributed by atoms with E-state index in [1.165, 1.54) is 16.9 Å². The zero-order valence-electron chi connectivity index (χ0n) is 15.9. The van der Waals surface area contributed by atoms with Crippen LogP contribution < -0.4 is 10.6 Å². The Hall–Kier alpha value is -1.56. The molecule has 2 N–H and O–H groups in total. The first-order chi connectivity index (χ1) is 12.5. The van der Waals surface area contributed by atoms with E-state index in [1.54, 1.807) is 30.3 Å². The van der Waals surface area contributed by atoms with Crippen LogP contribution in [0.2, 0.25) is 0 Å². The van der Waals surface area contributed by atoms with Gasteiger partial charge >= 0.3 is 6.09 Å². The fraction of sp³-hybridized carbons (Fsp3) is 0.588. The molecule has 152 valence electrons. The summed E-state index contributed by atoms with van der Waals surface area (Å²) in [6.45, 7) is 2.02. The first kappa shape index (κ1) is 23.5. The van der Waals surface area contributed by atoms with Crippen LogP contribution in [0, 0.1) is 0 Å². The van der Waals surface area contributed by atoms with E-state index in [1.807, 2.05) is 11.4 Å². The third kappa shape index (κ3) is 7.91. The van der Waals surface area contributed by atoms with Gasteiger partial charge < -0.3 is 25.2 Å². The largest absolute Gasteiger partial charge is 0.453 e. The van der Waals surface area contributed by atoms with Crippen LogP contribution in [-0.4, -0.2) is 74.6 Å². The van der Waals surface area contributed by atoms with Gasteiger partial charge in [-0.1, -0.05) is 6.07 Å². The molecule has 1 fully saturated rings. The van der Waals surface area contributed by atoms with Crippen molar-refractivity contribution in [3.63, 3.8) is 0 Å². The van der Waals surface area contributed by atoms with Crippen LogP contribution in [0.1, 0.15) is 17.7 Å². The number of piperidine rings is 1. The van der Waals surface area contributed by atoms with Crippen molar-refractivity contribution in [3.8, 4) is 0 Å². The number of guanidine groups is 1. The molecule has 0 unspecified atom stereocenters. The minimum Gasteiger partial charge on any atom is -0.453 e. The van der Waals surface area contributed by atoms with E-state index < -0.39 is 0 Å². The highest BCUT2D eigenvalue weighted by Crippen LogP contribution is 2.11. The molecule has 0 aromatic carbocycles. The lowest BCUT2D eigenvalue weighted by molar-refractivity contribution is -0.127. The summed E-state index contributed by atoms with van der Waals surface area (Å²) >= 11 is 1.67. The van der Waals surface area contributed by atoms with Crippen molar-refractivity contribution in [1.29, 1.82) is 0 Å². The van der Waals surface area contributed by atoms with Gasteiger partial charge in [-0.05, 0) is 24.3 Å². The van der Waals surface area contributed by atoms with Gasteiger partial charge in [0.25, 0.3) is 0 Å². The van der Waals surface area contributed by atoms with E-state index in [2.05, 4.69) is 21.7 Å². The molecule has 1 saturated heterocycles. The fourth-order valence-corrected chi connectivity index (χ4v) is 3.20. The van der Waals surface area contributed by atoms with Crippen molar-refractivity contribution in [2.24, 2.45) is 4.99 Å². The van der Waals surface area contributed by atoms with Gasteiger partial charge in [-0.15, -0.1) is 35.3 Å². The minimum atomic E-state index is -0.287. The second-order valence-electron chi connectivity index (χ2n) is 6.26. The Morgan fingerprint density at radius 2 is 2.07 bits per heavy atom. The highest BCUT2D eigenvalue weighted by molar-refractivity contribution is 14.0. The van der Waals surface area contributed by atoms with Crippen LogP contribution in [0.4, 0.5) is 4.79 Å². The molecule has 1 aliphatic heterocycles. The first-order valence-corrected chi connectivity index (χ1v) is 9.48. The smallest absolute Gasteiger partial charge is 0.409 e. The monoisotopic (exact) mass is 509 g/mol. The highest BCUT2D eigenvalue weighted by atomic mass is 127. The molecule has 0 spiro atoms. The maximum absolute atomic E-state index is 11.8. The lowest BCUT2D eigenvalue weighted by Crippen LogP contribution is -2.49. The Balaban J connectivity index is 0.00000364. The molecule has 0 saturated carbocycles. The summed E-state index contributed by atoms with van der Waals surface area (Å²) in [6.07, 6.45) is 1.32. The van der Waals surface area contributed by atoms with Gasteiger partial charge in [0.2, 0.25) is 5.91 Å². The molecule has 1 aromatic rings. The topological polar surface area (TPSA) is 86.3 Å². The number of hydrogen-bond donors (Lipinski definition) is 2. The second-order valence-corrected chi connectivity index (χ2v) is 7.29. The average molecular weight is 509 g/mol. The number of rotatable bonds is 5. The van der Waals surface area contributed by atoms with Crippen molar-refractivity contribution in [2.75, 3.05) is 40.8 Å². The number of aliphatic imine (C=N–C) groups is 1. The predicted molar refractivity (Wildman–Crippen MR) is 118 cm³/mol. The standard InChI is InChI=1S/C17H27N5O3S.HI/c1-21(2)15(23)12-19-16(18-11-14-5-4-10-26-14)20-13-6-8-22(9-7-13)17(24)25-3;/h4-5,10,13H,6-9,11-12H2,1-3H3,(H2,18,19,20);1H. The molecule has 0 bridgehead atoms. The molecule has 8 nitrogen and oxygen atoms in total. The quantitative estimate of drug-likeness (QED) is 0.359. The first-order valence-electron chi connectivity index (χ1n) is 8.60. The summed E-state index contributed by atoms with van der Waals surface area (Å²) in [5.74, 6) is 0.563. The Morgan fingerprint density at radius 1 is 1.37 bits per heavy atom. The summed E-state index contributed by atoms with van der Waals surface area (Å²) in [5, 5.41) is 8.69. The number of thiophene rings is 1. The number of amides is 2. The molecule has 0 atom stereocenters. The van der Waals surface area contributed by atoms with Gasteiger partial charge in [0.1, 0.15) is 6.54 Å². The molecule has 10 heteroatoms. The van der Waals surface area contributed by atoms with Crippen molar-refractivity contribution < 1.29 is 14.3 Å². The summed E-state index contributed by atoms with van der Waals surface area (Å²) in [6, 6.07) is 4.25. The molecule has 2 heterocycles. The third-order valence-electron chi connectivity index (χ3n) is 4.15. The zero-order chi connectivity index (χ0) is 18.9. The molecule has 2 rings (SSSR count). The summed E-state index contributed by atoms with van der Waals surface area (Å²) in [4.78, 5) is 32.2. The third-order valence-corrected chi connectivity index (χ3v) is 5.03.